The molecule has 1 aromatic rings. The van der Waals surface area contributed by atoms with Crippen molar-refractivity contribution in [2.24, 2.45) is 0 Å². The predicted octanol–water partition coefficient (Wildman–Crippen LogP) is 1.86. The third kappa shape index (κ3) is 5.82. The van der Waals surface area contributed by atoms with E-state index in [4.69, 9.17) is 9.47 Å². The molecule has 0 aliphatic rings. The maximum absolute atomic E-state index is 5.03. The van der Waals surface area contributed by atoms with Crippen molar-refractivity contribution in [2.75, 3.05) is 39.7 Å². The van der Waals surface area contributed by atoms with Crippen LogP contribution in [0, 0.1) is 6.92 Å². The minimum absolute atomic E-state index is 0.733. The second-order valence-corrected chi connectivity index (χ2v) is 5.06. The van der Waals surface area contributed by atoms with Crippen LogP contribution in [0.2, 0.25) is 0 Å². The van der Waals surface area contributed by atoms with Gasteiger partial charge < -0.3 is 14.8 Å². The Morgan fingerprint density at radius 1 is 1.28 bits per heavy atom. The van der Waals surface area contributed by atoms with E-state index in [1.54, 1.807) is 26.0 Å². The van der Waals surface area contributed by atoms with E-state index in [-0.39, 0.29) is 0 Å². The molecule has 0 saturated carbocycles. The summed E-state index contributed by atoms with van der Waals surface area (Å²) in [5, 5.41) is 4.40. The van der Waals surface area contributed by atoms with E-state index in [9.17, 15) is 0 Å². The Hall–Kier alpha value is -0.620. The number of hydrogen-bond acceptors (Lipinski definition) is 5. The van der Waals surface area contributed by atoms with Crippen LogP contribution >= 0.6 is 11.8 Å². The van der Waals surface area contributed by atoms with Gasteiger partial charge in [-0.05, 0) is 18.1 Å². The van der Waals surface area contributed by atoms with E-state index >= 15 is 0 Å². The molecular weight excluding hydrogens is 248 g/mol. The van der Waals surface area contributed by atoms with Crippen LogP contribution in [0.25, 0.3) is 0 Å². The summed E-state index contributed by atoms with van der Waals surface area (Å²) in [5.41, 5.74) is 2.43. The van der Waals surface area contributed by atoms with E-state index in [1.165, 1.54) is 11.1 Å². The lowest BCUT2D eigenvalue weighted by atomic mass is 10.2. The smallest absolute Gasteiger partial charge is 0.0990 e. The highest BCUT2D eigenvalue weighted by atomic mass is 32.2. The second kappa shape index (κ2) is 9.33. The Bertz CT molecular complexity index is 348. The molecular formula is C13H22N2O2S. The fourth-order valence-corrected chi connectivity index (χ4v) is 2.35. The van der Waals surface area contributed by atoms with Gasteiger partial charge in [-0.25, -0.2) is 4.98 Å². The summed E-state index contributed by atoms with van der Waals surface area (Å²) >= 11 is 1.74. The number of pyridine rings is 1. The molecule has 4 nitrogen and oxygen atoms in total. The van der Waals surface area contributed by atoms with Crippen LogP contribution in [0.4, 0.5) is 0 Å². The lowest BCUT2D eigenvalue weighted by molar-refractivity contribution is 0.199. The summed E-state index contributed by atoms with van der Waals surface area (Å²) in [7, 11) is 3.43. The van der Waals surface area contributed by atoms with Crippen LogP contribution < -0.4 is 5.32 Å². The fourth-order valence-electron chi connectivity index (χ4n) is 1.50. The van der Waals surface area contributed by atoms with Gasteiger partial charge >= 0.3 is 0 Å². The fraction of sp³-hybridized carbons (Fsp3) is 0.615. The van der Waals surface area contributed by atoms with Crippen molar-refractivity contribution >= 4 is 11.8 Å². The quantitative estimate of drug-likeness (QED) is 0.548. The molecule has 5 heteroatoms. The maximum Gasteiger partial charge on any atom is 0.0990 e. The number of aromatic nitrogens is 1. The molecule has 18 heavy (non-hydrogen) atoms. The van der Waals surface area contributed by atoms with Crippen LogP contribution in [0.5, 0.6) is 0 Å². The topological polar surface area (TPSA) is 43.4 Å². The lowest BCUT2D eigenvalue weighted by Crippen LogP contribution is -2.18. The van der Waals surface area contributed by atoms with Crippen molar-refractivity contribution in [3.8, 4) is 0 Å². The maximum atomic E-state index is 5.03. The van der Waals surface area contributed by atoms with E-state index in [0.717, 1.165) is 37.1 Å². The number of rotatable bonds is 9. The molecule has 102 valence electrons. The molecule has 0 fully saturated rings. The van der Waals surface area contributed by atoms with Gasteiger partial charge in [0.25, 0.3) is 0 Å². The van der Waals surface area contributed by atoms with Crippen molar-refractivity contribution < 1.29 is 9.47 Å². The molecule has 0 amide bonds. The average molecular weight is 270 g/mol. The van der Waals surface area contributed by atoms with Gasteiger partial charge in [0, 0.05) is 39.3 Å². The molecule has 1 rings (SSSR count). The molecule has 0 aliphatic carbocycles. The zero-order chi connectivity index (χ0) is 13.2. The molecule has 1 N–H and O–H groups in total. The number of thioether (sulfide) groups is 1. The zero-order valence-corrected chi connectivity index (χ0v) is 12.2. The minimum Gasteiger partial charge on any atom is -0.384 e. The van der Waals surface area contributed by atoms with Crippen molar-refractivity contribution in [1.29, 1.82) is 0 Å². The standard InChI is InChI=1S/C13H22N2O2S/c1-11-8-12(9-14-4-5-16-2)10-15-13(11)18-7-6-17-3/h8,10,14H,4-7,9H2,1-3H3. The Balaban J connectivity index is 2.41. The summed E-state index contributed by atoms with van der Waals surface area (Å²) in [6.07, 6.45) is 1.93. The number of nitrogens with zero attached hydrogens (tertiary/aromatic N) is 1. The van der Waals surface area contributed by atoms with Gasteiger partial charge in [-0.2, -0.15) is 0 Å². The molecule has 1 heterocycles. The number of hydrogen-bond donors (Lipinski definition) is 1. The Morgan fingerprint density at radius 2 is 2.06 bits per heavy atom. The van der Waals surface area contributed by atoms with Crippen LogP contribution in [0.3, 0.4) is 0 Å². The van der Waals surface area contributed by atoms with Crippen molar-refractivity contribution in [3.05, 3.63) is 23.4 Å². The van der Waals surface area contributed by atoms with Crippen molar-refractivity contribution in [1.82, 2.24) is 10.3 Å². The second-order valence-electron chi connectivity index (χ2n) is 3.98. The largest absolute Gasteiger partial charge is 0.384 e. The normalized spacial score (nSPS) is 10.8. The number of aryl methyl sites for hydroxylation is 1. The van der Waals surface area contributed by atoms with Gasteiger partial charge in [-0.3, -0.25) is 0 Å². The number of nitrogens with one attached hydrogen (secondary N) is 1. The van der Waals surface area contributed by atoms with E-state index < -0.39 is 0 Å². The molecule has 0 bridgehead atoms. The van der Waals surface area contributed by atoms with Crippen LogP contribution in [0.1, 0.15) is 11.1 Å². The average Bonchev–Trinajstić information content (AvgIpc) is 2.37. The summed E-state index contributed by atoms with van der Waals surface area (Å²) < 4.78 is 10.0. The number of methoxy groups -OCH3 is 2. The molecule has 1 aromatic heterocycles. The summed E-state index contributed by atoms with van der Waals surface area (Å²) in [5.74, 6) is 0.940. The lowest BCUT2D eigenvalue weighted by Gasteiger charge is -2.08. The van der Waals surface area contributed by atoms with Crippen LogP contribution in [0.15, 0.2) is 17.3 Å². The van der Waals surface area contributed by atoms with E-state index in [2.05, 4.69) is 23.3 Å². The first-order valence-corrected chi connectivity index (χ1v) is 7.03. The van der Waals surface area contributed by atoms with E-state index in [0.29, 0.717) is 0 Å². The first-order chi connectivity index (χ1) is 8.77. The first-order valence-electron chi connectivity index (χ1n) is 6.05. The van der Waals surface area contributed by atoms with Gasteiger partial charge in [0.2, 0.25) is 0 Å². The molecule has 0 aromatic carbocycles. The van der Waals surface area contributed by atoms with Crippen LogP contribution in [-0.4, -0.2) is 44.7 Å². The number of ether oxygens (including phenoxy) is 2. The third-order valence-corrected chi connectivity index (χ3v) is 3.50. The molecule has 0 saturated heterocycles. The van der Waals surface area contributed by atoms with Crippen molar-refractivity contribution in [3.63, 3.8) is 0 Å². The summed E-state index contributed by atoms with van der Waals surface area (Å²) in [6.45, 7) is 5.28. The predicted molar refractivity (Wildman–Crippen MR) is 75.2 cm³/mol. The van der Waals surface area contributed by atoms with Gasteiger partial charge in [-0.15, -0.1) is 11.8 Å². The van der Waals surface area contributed by atoms with Crippen LogP contribution in [-0.2, 0) is 16.0 Å². The highest BCUT2D eigenvalue weighted by molar-refractivity contribution is 7.99. The molecule has 0 spiro atoms. The summed E-state index contributed by atoms with van der Waals surface area (Å²) in [4.78, 5) is 4.49. The molecule has 0 unspecified atom stereocenters. The third-order valence-electron chi connectivity index (χ3n) is 2.43. The Kier molecular flexibility index (Phi) is 8.00. The highest BCUT2D eigenvalue weighted by Gasteiger charge is 2.02. The highest BCUT2D eigenvalue weighted by Crippen LogP contribution is 2.20. The van der Waals surface area contributed by atoms with Gasteiger partial charge in [-0.1, -0.05) is 6.07 Å². The summed E-state index contributed by atoms with van der Waals surface area (Å²) in [6, 6.07) is 2.18. The van der Waals surface area contributed by atoms with Gasteiger partial charge in [0.15, 0.2) is 0 Å². The monoisotopic (exact) mass is 270 g/mol. The molecule has 0 radical (unpaired) electrons. The van der Waals surface area contributed by atoms with Gasteiger partial charge in [0.05, 0.1) is 18.2 Å². The van der Waals surface area contributed by atoms with Gasteiger partial charge in [0.1, 0.15) is 0 Å². The first kappa shape index (κ1) is 15.4. The molecule has 0 atom stereocenters. The zero-order valence-electron chi connectivity index (χ0n) is 11.4. The Labute approximate surface area is 113 Å². The van der Waals surface area contributed by atoms with E-state index in [1.807, 2.05) is 6.20 Å². The molecule has 0 aliphatic heterocycles. The SMILES string of the molecule is COCCNCc1cnc(SCCOC)c(C)c1. The minimum atomic E-state index is 0.733. The Morgan fingerprint density at radius 3 is 2.72 bits per heavy atom. The van der Waals surface area contributed by atoms with Crippen molar-refractivity contribution in [2.45, 2.75) is 18.5 Å².